The Balaban J connectivity index is 2.36. The topological polar surface area (TPSA) is 165 Å². The number of nitro groups is 1. The molecule has 0 unspecified atom stereocenters. The van der Waals surface area contributed by atoms with Gasteiger partial charge in [-0.05, 0) is 18.1 Å². The minimum atomic E-state index is -1.58. The molecule has 2 aromatic carbocycles. The van der Waals surface area contributed by atoms with Crippen LogP contribution in [0.15, 0.2) is 54.6 Å². The molecule has 0 aliphatic carbocycles. The molecule has 186 valence electrons. The lowest BCUT2D eigenvalue weighted by Crippen LogP contribution is -2.54. The molecular weight excluding hydrogens is 458 g/mol. The monoisotopic (exact) mass is 485 g/mol. The van der Waals surface area contributed by atoms with Crippen LogP contribution in [-0.4, -0.2) is 52.5 Å². The Labute approximate surface area is 201 Å². The van der Waals surface area contributed by atoms with Crippen LogP contribution in [0.4, 0.5) is 5.69 Å². The number of esters is 1. The zero-order chi connectivity index (χ0) is 26.0. The minimum Gasteiger partial charge on any atom is -0.480 e. The number of carboxylic acid groups (broad SMARTS) is 1. The predicted octanol–water partition coefficient (Wildman–Crippen LogP) is 1.95. The highest BCUT2D eigenvalue weighted by molar-refractivity contribution is 5.91. The molecule has 0 saturated carbocycles. The quantitative estimate of drug-likeness (QED) is 0.233. The van der Waals surface area contributed by atoms with E-state index < -0.39 is 53.1 Å². The first-order valence-electron chi connectivity index (χ1n) is 10.9. The second-order valence-corrected chi connectivity index (χ2v) is 7.73. The molecule has 2 amide bonds. The van der Waals surface area contributed by atoms with Crippen molar-refractivity contribution in [2.24, 2.45) is 0 Å². The number of amides is 2. The number of carbonyl (C=O) groups excluding carboxylic acids is 3. The van der Waals surface area contributed by atoms with Gasteiger partial charge in [-0.1, -0.05) is 42.5 Å². The van der Waals surface area contributed by atoms with Gasteiger partial charge in [0.25, 0.3) is 5.69 Å². The highest BCUT2D eigenvalue weighted by Crippen LogP contribution is 2.27. The van der Waals surface area contributed by atoms with Gasteiger partial charge in [0, 0.05) is 31.4 Å². The van der Waals surface area contributed by atoms with E-state index in [1.807, 2.05) is 0 Å². The summed E-state index contributed by atoms with van der Waals surface area (Å²) in [5, 5.41) is 25.9. The van der Waals surface area contributed by atoms with Crippen molar-refractivity contribution in [3.05, 3.63) is 75.8 Å². The molecule has 11 heteroatoms. The summed E-state index contributed by atoms with van der Waals surface area (Å²) in [5.74, 6) is -4.45. The fourth-order valence-corrected chi connectivity index (χ4v) is 3.56. The Morgan fingerprint density at radius 3 is 2.17 bits per heavy atom. The number of hydrogen-bond donors (Lipinski definition) is 3. The van der Waals surface area contributed by atoms with E-state index in [-0.39, 0.29) is 24.3 Å². The normalized spacial score (nSPS) is 13.1. The van der Waals surface area contributed by atoms with E-state index in [2.05, 4.69) is 10.6 Å². The van der Waals surface area contributed by atoms with Crippen molar-refractivity contribution in [3.63, 3.8) is 0 Å². The third kappa shape index (κ3) is 8.22. The largest absolute Gasteiger partial charge is 0.480 e. The van der Waals surface area contributed by atoms with Crippen molar-refractivity contribution >= 4 is 29.4 Å². The highest BCUT2D eigenvalue weighted by Gasteiger charge is 2.35. The van der Waals surface area contributed by atoms with E-state index >= 15 is 0 Å². The number of benzene rings is 2. The lowest BCUT2D eigenvalue weighted by molar-refractivity contribution is -0.384. The Morgan fingerprint density at radius 2 is 1.66 bits per heavy atom. The van der Waals surface area contributed by atoms with Crippen molar-refractivity contribution in [2.45, 2.75) is 44.7 Å². The number of ether oxygens (including phenoxy) is 1. The number of carbonyl (C=O) groups is 4. The molecule has 2 aromatic rings. The van der Waals surface area contributed by atoms with Gasteiger partial charge in [0.15, 0.2) is 0 Å². The Morgan fingerprint density at radius 1 is 1.03 bits per heavy atom. The maximum absolute atomic E-state index is 13.1. The fourth-order valence-electron chi connectivity index (χ4n) is 3.56. The van der Waals surface area contributed by atoms with Gasteiger partial charge in [-0.2, -0.15) is 0 Å². The summed E-state index contributed by atoms with van der Waals surface area (Å²) in [7, 11) is 0. The molecule has 3 N–H and O–H groups in total. The van der Waals surface area contributed by atoms with Gasteiger partial charge < -0.3 is 20.5 Å². The summed E-state index contributed by atoms with van der Waals surface area (Å²) < 4.78 is 4.96. The average Bonchev–Trinajstić information content (AvgIpc) is 2.81. The second kappa shape index (κ2) is 12.8. The number of rotatable bonds is 12. The number of hydrogen-bond acceptors (Lipinski definition) is 7. The SMILES string of the molecule is CCOC(=O)C[C@@H](c1ccc([N+](=O)[O-])cc1)[C@@H](NC(=O)[C@H](Cc1ccccc1)NC(C)=O)C(=O)O. The van der Waals surface area contributed by atoms with E-state index in [1.165, 1.54) is 31.2 Å². The number of non-ortho nitro benzene ring substituents is 1. The van der Waals surface area contributed by atoms with Gasteiger partial charge in [0.2, 0.25) is 11.8 Å². The number of nitro benzene ring substituents is 1. The maximum Gasteiger partial charge on any atom is 0.326 e. The summed E-state index contributed by atoms with van der Waals surface area (Å²) in [6.45, 7) is 2.90. The van der Waals surface area contributed by atoms with E-state index in [4.69, 9.17) is 4.74 Å². The molecule has 0 bridgehead atoms. The molecule has 0 aliphatic heterocycles. The molecule has 0 aliphatic rings. The predicted molar refractivity (Wildman–Crippen MR) is 124 cm³/mol. The first kappa shape index (κ1) is 27.0. The summed E-state index contributed by atoms with van der Waals surface area (Å²) in [6, 6.07) is 11.2. The third-order valence-electron chi connectivity index (χ3n) is 5.17. The number of nitrogens with zero attached hydrogens (tertiary/aromatic N) is 1. The van der Waals surface area contributed by atoms with Crippen molar-refractivity contribution < 1.29 is 33.9 Å². The van der Waals surface area contributed by atoms with Crippen molar-refractivity contribution in [1.82, 2.24) is 10.6 Å². The van der Waals surface area contributed by atoms with Crippen LogP contribution in [0, 0.1) is 10.1 Å². The van der Waals surface area contributed by atoms with Crippen molar-refractivity contribution in [2.75, 3.05) is 6.61 Å². The van der Waals surface area contributed by atoms with Crippen LogP contribution in [0.5, 0.6) is 0 Å². The molecule has 0 aromatic heterocycles. The summed E-state index contributed by atoms with van der Waals surface area (Å²) in [5.41, 5.74) is 0.815. The summed E-state index contributed by atoms with van der Waals surface area (Å²) in [6.07, 6.45) is -0.287. The Bertz CT molecular complexity index is 1060. The van der Waals surface area contributed by atoms with Gasteiger partial charge in [-0.15, -0.1) is 0 Å². The van der Waals surface area contributed by atoms with Crippen LogP contribution in [0.25, 0.3) is 0 Å². The van der Waals surface area contributed by atoms with Crippen molar-refractivity contribution in [1.29, 1.82) is 0 Å². The van der Waals surface area contributed by atoms with Crippen LogP contribution < -0.4 is 10.6 Å². The van der Waals surface area contributed by atoms with Gasteiger partial charge in [-0.25, -0.2) is 4.79 Å². The van der Waals surface area contributed by atoms with E-state index in [1.54, 1.807) is 37.3 Å². The van der Waals surface area contributed by atoms with Gasteiger partial charge in [-0.3, -0.25) is 24.5 Å². The summed E-state index contributed by atoms with van der Waals surface area (Å²) >= 11 is 0. The second-order valence-electron chi connectivity index (χ2n) is 7.73. The molecule has 11 nitrogen and oxygen atoms in total. The Kier molecular flexibility index (Phi) is 9.88. The van der Waals surface area contributed by atoms with E-state index in [9.17, 15) is 34.4 Å². The lowest BCUT2D eigenvalue weighted by atomic mass is 9.88. The highest BCUT2D eigenvalue weighted by atomic mass is 16.6. The molecule has 0 saturated heterocycles. The van der Waals surface area contributed by atoms with Crippen LogP contribution in [0.1, 0.15) is 37.3 Å². The molecule has 0 fully saturated rings. The van der Waals surface area contributed by atoms with Crippen LogP contribution >= 0.6 is 0 Å². The first-order chi connectivity index (χ1) is 16.6. The zero-order valence-electron chi connectivity index (χ0n) is 19.3. The van der Waals surface area contributed by atoms with Crippen LogP contribution in [-0.2, 0) is 30.3 Å². The third-order valence-corrected chi connectivity index (χ3v) is 5.17. The van der Waals surface area contributed by atoms with Crippen molar-refractivity contribution in [3.8, 4) is 0 Å². The van der Waals surface area contributed by atoms with Gasteiger partial charge in [0.1, 0.15) is 12.1 Å². The number of aliphatic carboxylic acids is 1. The average molecular weight is 485 g/mol. The fraction of sp³-hybridized carbons (Fsp3) is 0.333. The summed E-state index contributed by atoms with van der Waals surface area (Å²) in [4.78, 5) is 59.6. The molecule has 0 radical (unpaired) electrons. The van der Waals surface area contributed by atoms with Gasteiger partial charge in [0.05, 0.1) is 18.0 Å². The van der Waals surface area contributed by atoms with E-state index in [0.717, 1.165) is 5.56 Å². The maximum atomic E-state index is 13.1. The molecular formula is C24H27N3O8. The first-order valence-corrected chi connectivity index (χ1v) is 10.9. The van der Waals surface area contributed by atoms with E-state index in [0.29, 0.717) is 0 Å². The molecule has 0 heterocycles. The number of carboxylic acids is 1. The molecule has 2 rings (SSSR count). The minimum absolute atomic E-state index is 0.0671. The standard InChI is InChI=1S/C24H27N3O8/c1-3-35-21(29)14-19(17-9-11-18(12-10-17)27(33)34)22(24(31)32)26-23(30)20(25-15(2)28)13-16-7-5-4-6-8-16/h4-12,19-20,22H,3,13-14H2,1-2H3,(H,25,28)(H,26,30)(H,31,32)/t19-,20-,22+/m0/s1. The molecule has 0 spiro atoms. The zero-order valence-corrected chi connectivity index (χ0v) is 19.3. The molecule has 35 heavy (non-hydrogen) atoms. The van der Waals surface area contributed by atoms with Crippen LogP contribution in [0.2, 0.25) is 0 Å². The smallest absolute Gasteiger partial charge is 0.326 e. The van der Waals surface area contributed by atoms with Gasteiger partial charge >= 0.3 is 11.9 Å². The Hall–Kier alpha value is -4.28. The van der Waals surface area contributed by atoms with Crippen LogP contribution in [0.3, 0.4) is 0 Å². The lowest BCUT2D eigenvalue weighted by Gasteiger charge is -2.27. The number of nitrogens with one attached hydrogen (secondary N) is 2. The molecule has 3 atom stereocenters.